The van der Waals surface area contributed by atoms with Crippen molar-refractivity contribution in [3.05, 3.63) is 29.3 Å². The SMILES string of the molecule is CN(C(=O)C1CC(=O)N(c2cccc(Cl)c2)C1)C1CCCC1. The van der Waals surface area contributed by atoms with Gasteiger partial charge < -0.3 is 9.80 Å². The zero-order valence-electron chi connectivity index (χ0n) is 12.8. The van der Waals surface area contributed by atoms with Crippen molar-refractivity contribution in [2.45, 2.75) is 38.1 Å². The first kappa shape index (κ1) is 15.3. The number of carbonyl (C=O) groups is 2. The Bertz CT molecular complexity index is 584. The number of halogens is 1. The van der Waals surface area contributed by atoms with Gasteiger partial charge in [0.25, 0.3) is 0 Å². The summed E-state index contributed by atoms with van der Waals surface area (Å²) in [5.74, 6) is -0.137. The van der Waals surface area contributed by atoms with Crippen molar-refractivity contribution in [3.63, 3.8) is 0 Å². The molecule has 3 rings (SSSR count). The molecule has 22 heavy (non-hydrogen) atoms. The minimum absolute atomic E-state index is 0.000406. The normalized spacial score (nSPS) is 22.4. The lowest BCUT2D eigenvalue weighted by atomic mass is 10.1. The quantitative estimate of drug-likeness (QED) is 0.858. The van der Waals surface area contributed by atoms with Crippen LogP contribution in [0.4, 0.5) is 5.69 Å². The molecule has 0 bridgehead atoms. The van der Waals surface area contributed by atoms with Crippen LogP contribution >= 0.6 is 11.6 Å². The molecule has 2 amide bonds. The van der Waals surface area contributed by atoms with Gasteiger partial charge in [-0.2, -0.15) is 0 Å². The highest BCUT2D eigenvalue weighted by Gasteiger charge is 2.38. The third-order valence-corrected chi connectivity index (χ3v) is 5.05. The predicted octanol–water partition coefficient (Wildman–Crippen LogP) is 3.09. The molecule has 4 nitrogen and oxygen atoms in total. The molecule has 0 N–H and O–H groups in total. The van der Waals surface area contributed by atoms with Crippen LogP contribution < -0.4 is 4.90 Å². The molecule has 1 atom stereocenters. The number of rotatable bonds is 3. The van der Waals surface area contributed by atoms with Crippen molar-refractivity contribution >= 4 is 29.1 Å². The molecule has 1 aliphatic carbocycles. The van der Waals surface area contributed by atoms with Crippen LogP contribution in [-0.2, 0) is 9.59 Å². The van der Waals surface area contributed by atoms with E-state index in [0.717, 1.165) is 18.5 Å². The first-order valence-corrected chi connectivity index (χ1v) is 8.26. The highest BCUT2D eigenvalue weighted by molar-refractivity contribution is 6.30. The van der Waals surface area contributed by atoms with E-state index in [1.54, 1.807) is 17.0 Å². The molecule has 1 heterocycles. The number of amides is 2. The van der Waals surface area contributed by atoms with Crippen molar-refractivity contribution in [3.8, 4) is 0 Å². The second-order valence-electron chi connectivity index (χ2n) is 6.27. The molecule has 1 aliphatic heterocycles. The smallest absolute Gasteiger partial charge is 0.228 e. The van der Waals surface area contributed by atoms with Gasteiger partial charge in [0.2, 0.25) is 11.8 Å². The third-order valence-electron chi connectivity index (χ3n) is 4.81. The molecule has 5 heteroatoms. The molecule has 1 unspecified atom stereocenters. The van der Waals surface area contributed by atoms with Gasteiger partial charge in [-0.1, -0.05) is 30.5 Å². The summed E-state index contributed by atoms with van der Waals surface area (Å²) < 4.78 is 0. The van der Waals surface area contributed by atoms with Crippen LogP contribution in [-0.4, -0.2) is 36.3 Å². The topological polar surface area (TPSA) is 40.6 Å². The van der Waals surface area contributed by atoms with Crippen LogP contribution in [0.25, 0.3) is 0 Å². The largest absolute Gasteiger partial charge is 0.342 e. The van der Waals surface area contributed by atoms with E-state index in [-0.39, 0.29) is 17.7 Å². The van der Waals surface area contributed by atoms with E-state index in [9.17, 15) is 9.59 Å². The van der Waals surface area contributed by atoms with Crippen molar-refractivity contribution < 1.29 is 9.59 Å². The molecule has 2 aliphatic rings. The molecule has 1 saturated carbocycles. The number of hydrogen-bond acceptors (Lipinski definition) is 2. The van der Waals surface area contributed by atoms with Gasteiger partial charge in [0.15, 0.2) is 0 Å². The maximum Gasteiger partial charge on any atom is 0.228 e. The highest BCUT2D eigenvalue weighted by Crippen LogP contribution is 2.30. The number of anilines is 1. The fourth-order valence-electron chi connectivity index (χ4n) is 3.53. The summed E-state index contributed by atoms with van der Waals surface area (Å²) in [5, 5.41) is 0.600. The Kier molecular flexibility index (Phi) is 4.39. The summed E-state index contributed by atoms with van der Waals surface area (Å²) in [4.78, 5) is 28.4. The third kappa shape index (κ3) is 2.98. The van der Waals surface area contributed by atoms with E-state index >= 15 is 0 Å². The van der Waals surface area contributed by atoms with Gasteiger partial charge in [0.1, 0.15) is 0 Å². The fraction of sp³-hybridized carbons (Fsp3) is 0.529. The van der Waals surface area contributed by atoms with E-state index in [1.807, 2.05) is 24.1 Å². The molecule has 118 valence electrons. The summed E-state index contributed by atoms with van der Waals surface area (Å²) in [6.07, 6.45) is 4.85. The van der Waals surface area contributed by atoms with Gasteiger partial charge in [0, 0.05) is 36.8 Å². The number of nitrogens with zero attached hydrogens (tertiary/aromatic N) is 2. The first-order valence-electron chi connectivity index (χ1n) is 7.89. The molecule has 1 aromatic carbocycles. The van der Waals surface area contributed by atoms with Gasteiger partial charge in [-0.3, -0.25) is 9.59 Å². The monoisotopic (exact) mass is 320 g/mol. The predicted molar refractivity (Wildman–Crippen MR) is 86.9 cm³/mol. The first-order chi connectivity index (χ1) is 10.6. The van der Waals surface area contributed by atoms with Gasteiger partial charge in [-0.25, -0.2) is 0 Å². The summed E-state index contributed by atoms with van der Waals surface area (Å²) in [7, 11) is 1.88. The van der Waals surface area contributed by atoms with Crippen LogP contribution in [0, 0.1) is 5.92 Å². The van der Waals surface area contributed by atoms with Crippen LogP contribution in [0.2, 0.25) is 5.02 Å². The van der Waals surface area contributed by atoms with Crippen molar-refractivity contribution in [2.75, 3.05) is 18.5 Å². The van der Waals surface area contributed by atoms with Crippen LogP contribution in [0.1, 0.15) is 32.1 Å². The number of hydrogen-bond donors (Lipinski definition) is 0. The van der Waals surface area contributed by atoms with E-state index in [1.165, 1.54) is 12.8 Å². The Morgan fingerprint density at radius 1 is 1.32 bits per heavy atom. The molecule has 1 saturated heterocycles. The van der Waals surface area contributed by atoms with Gasteiger partial charge in [0.05, 0.1) is 5.92 Å². The summed E-state index contributed by atoms with van der Waals surface area (Å²) in [6, 6.07) is 7.58. The highest BCUT2D eigenvalue weighted by atomic mass is 35.5. The lowest BCUT2D eigenvalue weighted by Crippen LogP contribution is -2.40. The maximum atomic E-state index is 12.6. The Hall–Kier alpha value is -1.55. The minimum Gasteiger partial charge on any atom is -0.342 e. The average Bonchev–Trinajstić information content (AvgIpc) is 3.15. The van der Waals surface area contributed by atoms with Crippen LogP contribution in [0.15, 0.2) is 24.3 Å². The molecule has 0 radical (unpaired) electrons. The zero-order valence-corrected chi connectivity index (χ0v) is 13.6. The zero-order chi connectivity index (χ0) is 15.7. The van der Waals surface area contributed by atoms with Gasteiger partial charge in [-0.05, 0) is 31.0 Å². The second-order valence-corrected chi connectivity index (χ2v) is 6.71. The molecule has 0 spiro atoms. The number of benzene rings is 1. The van der Waals surface area contributed by atoms with Crippen molar-refractivity contribution in [1.82, 2.24) is 4.90 Å². The van der Waals surface area contributed by atoms with Crippen molar-refractivity contribution in [1.29, 1.82) is 0 Å². The molecule has 0 aromatic heterocycles. The molecular weight excluding hydrogens is 300 g/mol. The van der Waals surface area contributed by atoms with E-state index in [2.05, 4.69) is 0 Å². The fourth-order valence-corrected chi connectivity index (χ4v) is 3.71. The molecule has 2 fully saturated rings. The Morgan fingerprint density at radius 3 is 2.73 bits per heavy atom. The average molecular weight is 321 g/mol. The van der Waals surface area contributed by atoms with Crippen molar-refractivity contribution in [2.24, 2.45) is 5.92 Å². The van der Waals surface area contributed by atoms with Gasteiger partial charge >= 0.3 is 0 Å². The van der Waals surface area contributed by atoms with Crippen LogP contribution in [0.5, 0.6) is 0 Å². The number of carbonyl (C=O) groups excluding carboxylic acids is 2. The standard InChI is InChI=1S/C17H21ClN2O2/c1-19(14-6-2-3-7-14)17(22)12-9-16(21)20(11-12)15-8-4-5-13(18)10-15/h4-5,8,10,12,14H,2-3,6-7,9,11H2,1H3. The van der Waals surface area contributed by atoms with Crippen LogP contribution in [0.3, 0.4) is 0 Å². The molecular formula is C17H21ClN2O2. The Labute approximate surface area is 136 Å². The summed E-state index contributed by atoms with van der Waals surface area (Å²) >= 11 is 5.99. The lowest BCUT2D eigenvalue weighted by molar-refractivity contribution is -0.136. The maximum absolute atomic E-state index is 12.6. The Balaban J connectivity index is 1.70. The lowest BCUT2D eigenvalue weighted by Gasteiger charge is -2.27. The second kappa shape index (κ2) is 6.29. The Morgan fingerprint density at radius 2 is 2.05 bits per heavy atom. The minimum atomic E-state index is -0.239. The van der Waals surface area contributed by atoms with Gasteiger partial charge in [-0.15, -0.1) is 0 Å². The summed E-state index contributed by atoms with van der Waals surface area (Å²) in [6.45, 7) is 0.453. The summed E-state index contributed by atoms with van der Waals surface area (Å²) in [5.41, 5.74) is 0.774. The molecule has 1 aromatic rings. The van der Waals surface area contributed by atoms with E-state index in [0.29, 0.717) is 24.0 Å². The van der Waals surface area contributed by atoms with E-state index in [4.69, 9.17) is 11.6 Å². The van der Waals surface area contributed by atoms with E-state index < -0.39 is 0 Å².